The van der Waals surface area contributed by atoms with E-state index in [2.05, 4.69) is 20.7 Å². The number of fused-ring (bicyclic) bond motifs is 3. The predicted molar refractivity (Wildman–Crippen MR) is 86.6 cm³/mol. The second-order valence-corrected chi connectivity index (χ2v) is 7.50. The molecule has 21 heavy (non-hydrogen) atoms. The lowest BCUT2D eigenvalue weighted by atomic mass is 10.1. The number of benzene rings is 2. The van der Waals surface area contributed by atoms with E-state index in [0.29, 0.717) is 17.0 Å². The molecule has 0 bridgehead atoms. The summed E-state index contributed by atoms with van der Waals surface area (Å²) in [4.78, 5) is 0. The first kappa shape index (κ1) is 14.2. The maximum absolute atomic E-state index is 11.7. The number of rotatable bonds is 4. The summed E-state index contributed by atoms with van der Waals surface area (Å²) in [5, 5.41) is 1.84. The molecule has 0 aliphatic rings. The minimum absolute atomic E-state index is 0.193. The quantitative estimate of drug-likeness (QED) is 0.712. The van der Waals surface area contributed by atoms with Gasteiger partial charge in [-0.05, 0) is 12.1 Å². The number of alkyl halides is 1. The molecule has 2 aromatic carbocycles. The lowest BCUT2D eigenvalue weighted by molar-refractivity contribution is 0.417. The van der Waals surface area contributed by atoms with Crippen molar-refractivity contribution in [3.8, 4) is 5.75 Å². The molecule has 3 aromatic rings. The Labute approximate surface area is 130 Å². The molecule has 3 rings (SSSR count). The predicted octanol–water partition coefficient (Wildman–Crippen LogP) is 3.69. The zero-order valence-electron chi connectivity index (χ0n) is 11.1. The van der Waals surface area contributed by atoms with E-state index in [4.69, 9.17) is 9.15 Å². The number of halogens is 1. The van der Waals surface area contributed by atoms with Crippen LogP contribution >= 0.6 is 15.9 Å². The summed E-state index contributed by atoms with van der Waals surface area (Å²) in [6.07, 6.45) is 0. The van der Waals surface area contributed by atoms with Crippen LogP contribution in [0.4, 0.5) is 5.69 Å². The molecule has 5 nitrogen and oxygen atoms in total. The average Bonchev–Trinajstić information content (AvgIpc) is 2.83. The van der Waals surface area contributed by atoms with Gasteiger partial charge in [0.1, 0.15) is 21.6 Å². The van der Waals surface area contributed by atoms with Gasteiger partial charge < -0.3 is 9.15 Å². The smallest absolute Gasteiger partial charge is 0.242 e. The van der Waals surface area contributed by atoms with Gasteiger partial charge >= 0.3 is 0 Å². The van der Waals surface area contributed by atoms with E-state index in [0.717, 1.165) is 16.4 Å². The lowest BCUT2D eigenvalue weighted by Crippen LogP contribution is -2.13. The third-order valence-corrected chi connectivity index (χ3v) is 5.73. The standard InChI is InChI=1S/C14H12BrNO4S/c1-19-14-6-10-9-4-2-3-5-12(9)20-13(10)7-11(14)16-21(17,18)8-15/h2-7,16H,8H2,1H3. The van der Waals surface area contributed by atoms with Crippen molar-refractivity contribution in [3.05, 3.63) is 36.4 Å². The Morgan fingerprint density at radius 1 is 1.19 bits per heavy atom. The highest BCUT2D eigenvalue weighted by Gasteiger charge is 2.16. The molecule has 1 heterocycles. The van der Waals surface area contributed by atoms with Crippen molar-refractivity contribution < 1.29 is 17.6 Å². The van der Waals surface area contributed by atoms with Crippen LogP contribution in [0.25, 0.3) is 21.9 Å². The summed E-state index contributed by atoms with van der Waals surface area (Å²) in [6, 6.07) is 11.0. The topological polar surface area (TPSA) is 68.5 Å². The third kappa shape index (κ3) is 2.58. The summed E-state index contributed by atoms with van der Waals surface area (Å²) < 4.78 is 36.7. The molecule has 0 amide bonds. The van der Waals surface area contributed by atoms with Crippen LogP contribution in [0, 0.1) is 0 Å². The Bertz CT molecular complexity index is 917. The Kier molecular flexibility index (Phi) is 3.54. The number of sulfonamides is 1. The molecule has 7 heteroatoms. The Morgan fingerprint density at radius 3 is 2.67 bits per heavy atom. The largest absolute Gasteiger partial charge is 0.495 e. The maximum Gasteiger partial charge on any atom is 0.242 e. The maximum atomic E-state index is 11.7. The Morgan fingerprint density at radius 2 is 1.95 bits per heavy atom. The molecule has 0 atom stereocenters. The number of nitrogens with one attached hydrogen (secondary N) is 1. The number of anilines is 1. The van der Waals surface area contributed by atoms with Crippen LogP contribution in [0.15, 0.2) is 40.8 Å². The van der Waals surface area contributed by atoms with Gasteiger partial charge in [-0.15, -0.1) is 0 Å². The summed E-state index contributed by atoms with van der Waals surface area (Å²) in [7, 11) is -1.96. The molecular weight excluding hydrogens is 358 g/mol. The zero-order chi connectivity index (χ0) is 15.0. The van der Waals surface area contributed by atoms with Crippen LogP contribution in [-0.4, -0.2) is 20.2 Å². The van der Waals surface area contributed by atoms with Crippen molar-refractivity contribution in [2.24, 2.45) is 0 Å². The second-order valence-electron chi connectivity index (χ2n) is 4.47. The monoisotopic (exact) mass is 369 g/mol. The number of furan rings is 1. The third-order valence-electron chi connectivity index (χ3n) is 3.11. The summed E-state index contributed by atoms with van der Waals surface area (Å²) in [5.74, 6) is 0.443. The van der Waals surface area contributed by atoms with Crippen LogP contribution in [-0.2, 0) is 10.0 Å². The van der Waals surface area contributed by atoms with Gasteiger partial charge in [-0.1, -0.05) is 34.1 Å². The number of hydrogen-bond acceptors (Lipinski definition) is 4. The van der Waals surface area contributed by atoms with E-state index in [1.807, 2.05) is 24.3 Å². The zero-order valence-corrected chi connectivity index (χ0v) is 13.5. The van der Waals surface area contributed by atoms with Crippen LogP contribution in [0.1, 0.15) is 0 Å². The van der Waals surface area contributed by atoms with Gasteiger partial charge in [0.2, 0.25) is 10.0 Å². The van der Waals surface area contributed by atoms with Gasteiger partial charge in [0, 0.05) is 16.8 Å². The van der Waals surface area contributed by atoms with E-state index >= 15 is 0 Å². The van der Waals surface area contributed by atoms with Crippen LogP contribution in [0.2, 0.25) is 0 Å². The van der Waals surface area contributed by atoms with Crippen LogP contribution in [0.5, 0.6) is 5.75 Å². The molecule has 1 N–H and O–H groups in total. The first-order chi connectivity index (χ1) is 10.0. The van der Waals surface area contributed by atoms with Gasteiger partial charge in [0.05, 0.1) is 12.8 Å². The first-order valence-electron chi connectivity index (χ1n) is 6.10. The van der Waals surface area contributed by atoms with Crippen LogP contribution < -0.4 is 9.46 Å². The minimum Gasteiger partial charge on any atom is -0.495 e. The second kappa shape index (κ2) is 5.23. The fourth-order valence-electron chi connectivity index (χ4n) is 2.19. The van der Waals surface area contributed by atoms with Gasteiger partial charge in [0.25, 0.3) is 0 Å². The molecule has 0 saturated heterocycles. The summed E-state index contributed by atoms with van der Waals surface area (Å²) in [5.41, 5.74) is 1.70. The van der Waals surface area contributed by atoms with E-state index in [9.17, 15) is 8.42 Å². The Balaban J connectivity index is 2.24. The summed E-state index contributed by atoms with van der Waals surface area (Å²) >= 11 is 2.94. The highest BCUT2D eigenvalue weighted by Crippen LogP contribution is 2.36. The normalized spacial score (nSPS) is 11.9. The van der Waals surface area contributed by atoms with Crippen molar-refractivity contribution in [1.82, 2.24) is 0 Å². The fourth-order valence-corrected chi connectivity index (χ4v) is 3.09. The first-order valence-corrected chi connectivity index (χ1v) is 8.87. The molecule has 0 aliphatic carbocycles. The highest BCUT2D eigenvalue weighted by molar-refractivity contribution is 9.10. The molecule has 0 spiro atoms. The Hall–Kier alpha value is -1.73. The summed E-state index contributed by atoms with van der Waals surface area (Å²) in [6.45, 7) is 0. The number of para-hydroxylation sites is 1. The van der Waals surface area contributed by atoms with Crippen LogP contribution in [0.3, 0.4) is 0 Å². The molecule has 0 radical (unpaired) electrons. The highest BCUT2D eigenvalue weighted by atomic mass is 79.9. The van der Waals surface area contributed by atoms with E-state index < -0.39 is 10.0 Å². The molecule has 110 valence electrons. The van der Waals surface area contributed by atoms with Gasteiger partial charge in [-0.3, -0.25) is 4.72 Å². The minimum atomic E-state index is -3.46. The van der Waals surface area contributed by atoms with Crippen molar-refractivity contribution in [3.63, 3.8) is 0 Å². The van der Waals surface area contributed by atoms with E-state index in [1.54, 1.807) is 12.1 Å². The molecule has 0 fully saturated rings. The molecule has 0 saturated carbocycles. The average molecular weight is 370 g/mol. The number of hydrogen-bond donors (Lipinski definition) is 1. The molecule has 0 aliphatic heterocycles. The van der Waals surface area contributed by atoms with E-state index in [1.165, 1.54) is 7.11 Å². The van der Waals surface area contributed by atoms with Crippen molar-refractivity contribution in [1.29, 1.82) is 0 Å². The SMILES string of the molecule is COc1cc2c(cc1NS(=O)(=O)CBr)oc1ccccc12. The fraction of sp³-hybridized carbons (Fsp3) is 0.143. The molecule has 1 aromatic heterocycles. The van der Waals surface area contributed by atoms with Crippen molar-refractivity contribution >= 4 is 53.6 Å². The van der Waals surface area contributed by atoms with E-state index in [-0.39, 0.29) is 4.66 Å². The molecule has 0 unspecified atom stereocenters. The lowest BCUT2D eigenvalue weighted by Gasteiger charge is -2.10. The van der Waals surface area contributed by atoms with Gasteiger partial charge in [-0.2, -0.15) is 0 Å². The molecular formula is C14H12BrNO4S. The van der Waals surface area contributed by atoms with Gasteiger partial charge in [0.15, 0.2) is 0 Å². The number of ether oxygens (including phenoxy) is 1. The number of methoxy groups -OCH3 is 1. The van der Waals surface area contributed by atoms with Crippen molar-refractivity contribution in [2.45, 2.75) is 0 Å². The van der Waals surface area contributed by atoms with Gasteiger partial charge in [-0.25, -0.2) is 8.42 Å². The van der Waals surface area contributed by atoms with Crippen molar-refractivity contribution in [2.75, 3.05) is 16.5 Å².